The molecule has 122 valence electrons. The van der Waals surface area contributed by atoms with Crippen LogP contribution >= 0.6 is 22.7 Å². The van der Waals surface area contributed by atoms with Crippen LogP contribution in [0.4, 0.5) is 0 Å². The summed E-state index contributed by atoms with van der Waals surface area (Å²) < 4.78 is 0. The average Bonchev–Trinajstić information content (AvgIpc) is 3.20. The van der Waals surface area contributed by atoms with E-state index < -0.39 is 0 Å². The minimum Gasteiger partial charge on any atom is -0.350 e. The number of amides is 1. The third-order valence-corrected chi connectivity index (χ3v) is 6.40. The molecule has 0 saturated carbocycles. The lowest BCUT2D eigenvalue weighted by atomic mass is 10.1. The van der Waals surface area contributed by atoms with Crippen molar-refractivity contribution in [2.45, 2.75) is 32.9 Å². The Morgan fingerprint density at radius 1 is 1.30 bits per heavy atom. The van der Waals surface area contributed by atoms with Gasteiger partial charge in [0.05, 0.1) is 9.75 Å². The summed E-state index contributed by atoms with van der Waals surface area (Å²) in [5, 5.41) is 5.14. The number of nitrogens with zero attached hydrogens (tertiary/aromatic N) is 1. The van der Waals surface area contributed by atoms with Crippen LogP contribution in [0.1, 0.15) is 43.6 Å². The van der Waals surface area contributed by atoms with Crippen LogP contribution in [-0.4, -0.2) is 35.7 Å². The van der Waals surface area contributed by atoms with Gasteiger partial charge in [0.15, 0.2) is 5.78 Å². The van der Waals surface area contributed by atoms with Gasteiger partial charge in [-0.1, -0.05) is 0 Å². The molecule has 1 aliphatic heterocycles. The Balaban J connectivity index is 1.53. The first-order valence-corrected chi connectivity index (χ1v) is 9.42. The van der Waals surface area contributed by atoms with Crippen LogP contribution in [0.25, 0.3) is 0 Å². The van der Waals surface area contributed by atoms with Crippen molar-refractivity contribution in [1.82, 2.24) is 10.2 Å². The molecule has 2 aromatic heterocycles. The lowest BCUT2D eigenvalue weighted by molar-refractivity contribution is 0.0936. The molecule has 0 fully saturated rings. The number of thiophene rings is 2. The minimum absolute atomic E-state index is 0.00213. The van der Waals surface area contributed by atoms with Gasteiger partial charge in [0.2, 0.25) is 0 Å². The van der Waals surface area contributed by atoms with Gasteiger partial charge >= 0.3 is 0 Å². The Hall–Kier alpha value is -1.50. The molecule has 23 heavy (non-hydrogen) atoms. The Kier molecular flexibility index (Phi) is 4.94. The summed E-state index contributed by atoms with van der Waals surface area (Å²) in [6, 6.07) is 5.93. The van der Waals surface area contributed by atoms with Crippen LogP contribution in [0.5, 0.6) is 0 Å². The summed E-state index contributed by atoms with van der Waals surface area (Å²) in [5.74, 6) is -0.0927. The van der Waals surface area contributed by atoms with E-state index in [1.807, 2.05) is 11.3 Å². The van der Waals surface area contributed by atoms with Gasteiger partial charge in [-0.2, -0.15) is 0 Å². The zero-order valence-corrected chi connectivity index (χ0v) is 14.9. The SMILES string of the molecule is CC(=O)c1ccc(C(=O)NC[C@@H](C)N2CCc3sccc3C2)s1. The second kappa shape index (κ2) is 6.95. The number of hydrogen-bond acceptors (Lipinski definition) is 5. The molecule has 6 heteroatoms. The first kappa shape index (κ1) is 16.4. The topological polar surface area (TPSA) is 49.4 Å². The smallest absolute Gasteiger partial charge is 0.261 e. The predicted molar refractivity (Wildman–Crippen MR) is 94.6 cm³/mol. The van der Waals surface area contributed by atoms with E-state index in [4.69, 9.17) is 0 Å². The maximum Gasteiger partial charge on any atom is 0.261 e. The molecule has 2 aromatic rings. The molecule has 1 amide bonds. The van der Waals surface area contributed by atoms with Crippen LogP contribution < -0.4 is 5.32 Å². The highest BCUT2D eigenvalue weighted by atomic mass is 32.1. The number of carbonyl (C=O) groups is 2. The van der Waals surface area contributed by atoms with Gasteiger partial charge in [-0.05, 0) is 49.4 Å². The van der Waals surface area contributed by atoms with Crippen molar-refractivity contribution in [2.75, 3.05) is 13.1 Å². The molecule has 3 rings (SSSR count). The lowest BCUT2D eigenvalue weighted by Crippen LogP contribution is -2.44. The molecular formula is C17H20N2O2S2. The molecule has 0 spiro atoms. The van der Waals surface area contributed by atoms with Crippen molar-refractivity contribution in [1.29, 1.82) is 0 Å². The second-order valence-electron chi connectivity index (χ2n) is 5.87. The molecule has 3 heterocycles. The van der Waals surface area contributed by atoms with Gasteiger partial charge in [0.1, 0.15) is 0 Å². The fourth-order valence-corrected chi connectivity index (χ4v) is 4.46. The van der Waals surface area contributed by atoms with Crippen molar-refractivity contribution in [3.63, 3.8) is 0 Å². The number of ketones is 1. The predicted octanol–water partition coefficient (Wildman–Crippen LogP) is 3.19. The zero-order valence-electron chi connectivity index (χ0n) is 13.3. The van der Waals surface area contributed by atoms with E-state index in [0.29, 0.717) is 22.3 Å². The van der Waals surface area contributed by atoms with Crippen LogP contribution in [-0.2, 0) is 13.0 Å². The monoisotopic (exact) mass is 348 g/mol. The molecular weight excluding hydrogens is 328 g/mol. The van der Waals surface area contributed by atoms with E-state index in [-0.39, 0.29) is 11.7 Å². The van der Waals surface area contributed by atoms with Crippen LogP contribution in [0, 0.1) is 0 Å². The molecule has 4 nitrogen and oxygen atoms in total. The molecule has 1 aliphatic rings. The highest BCUT2D eigenvalue weighted by molar-refractivity contribution is 7.16. The largest absolute Gasteiger partial charge is 0.350 e. The van der Waals surface area contributed by atoms with Crippen LogP contribution in [0.3, 0.4) is 0 Å². The standard InChI is InChI=1S/C17H20N2O2S2/c1-11(19-7-5-15-13(10-19)6-8-22-15)9-18-17(21)16-4-3-14(23-16)12(2)20/h3-4,6,8,11H,5,7,9-10H2,1-2H3,(H,18,21)/t11-/m1/s1. The number of hydrogen-bond donors (Lipinski definition) is 1. The molecule has 1 atom stereocenters. The van der Waals surface area contributed by atoms with E-state index in [0.717, 1.165) is 19.5 Å². The molecule has 0 radical (unpaired) electrons. The summed E-state index contributed by atoms with van der Waals surface area (Å²) in [7, 11) is 0. The summed E-state index contributed by atoms with van der Waals surface area (Å²) in [6.07, 6.45) is 1.10. The molecule has 0 saturated heterocycles. The van der Waals surface area contributed by atoms with E-state index in [1.54, 1.807) is 12.1 Å². The molecule has 1 N–H and O–H groups in total. The van der Waals surface area contributed by atoms with E-state index >= 15 is 0 Å². The fraction of sp³-hybridized carbons (Fsp3) is 0.412. The molecule has 0 bridgehead atoms. The van der Waals surface area contributed by atoms with E-state index in [1.165, 1.54) is 28.7 Å². The van der Waals surface area contributed by atoms with Crippen molar-refractivity contribution < 1.29 is 9.59 Å². The number of carbonyl (C=O) groups excluding carboxylic acids is 2. The highest BCUT2D eigenvalue weighted by Crippen LogP contribution is 2.25. The summed E-state index contributed by atoms with van der Waals surface area (Å²) >= 11 is 3.09. The fourth-order valence-electron chi connectivity index (χ4n) is 2.75. The van der Waals surface area contributed by atoms with Gasteiger partial charge in [-0.25, -0.2) is 0 Å². The first-order chi connectivity index (χ1) is 11.0. The highest BCUT2D eigenvalue weighted by Gasteiger charge is 2.22. The molecule has 0 unspecified atom stereocenters. The third-order valence-electron chi connectivity index (χ3n) is 4.20. The van der Waals surface area contributed by atoms with Gasteiger partial charge in [0.25, 0.3) is 5.91 Å². The summed E-state index contributed by atoms with van der Waals surface area (Å²) in [4.78, 5) is 28.6. The first-order valence-electron chi connectivity index (χ1n) is 7.73. The van der Waals surface area contributed by atoms with Gasteiger partial charge in [-0.15, -0.1) is 22.7 Å². The molecule has 0 aromatic carbocycles. The summed E-state index contributed by atoms with van der Waals surface area (Å²) in [6.45, 7) is 6.28. The Morgan fingerprint density at radius 3 is 2.83 bits per heavy atom. The second-order valence-corrected chi connectivity index (χ2v) is 7.95. The quantitative estimate of drug-likeness (QED) is 0.844. The van der Waals surface area contributed by atoms with E-state index in [9.17, 15) is 9.59 Å². The number of nitrogens with one attached hydrogen (secondary N) is 1. The van der Waals surface area contributed by atoms with Crippen LogP contribution in [0.15, 0.2) is 23.6 Å². The number of Topliss-reactive ketones (excluding diaryl/α,β-unsaturated/α-hetero) is 1. The van der Waals surface area contributed by atoms with Gasteiger partial charge < -0.3 is 5.32 Å². The summed E-state index contributed by atoms with van der Waals surface area (Å²) in [5.41, 5.74) is 1.42. The number of fused-ring (bicyclic) bond motifs is 1. The molecule has 0 aliphatic carbocycles. The Bertz CT molecular complexity index is 720. The third kappa shape index (κ3) is 3.71. The Labute approximate surface area is 144 Å². The van der Waals surface area contributed by atoms with Crippen LogP contribution in [0.2, 0.25) is 0 Å². The van der Waals surface area contributed by atoms with Crippen molar-refractivity contribution in [3.05, 3.63) is 43.8 Å². The average molecular weight is 348 g/mol. The lowest BCUT2D eigenvalue weighted by Gasteiger charge is -2.32. The van der Waals surface area contributed by atoms with Crippen molar-refractivity contribution in [3.8, 4) is 0 Å². The van der Waals surface area contributed by atoms with Gasteiger partial charge in [0, 0.05) is 30.6 Å². The Morgan fingerprint density at radius 2 is 2.09 bits per heavy atom. The van der Waals surface area contributed by atoms with Crippen molar-refractivity contribution >= 4 is 34.4 Å². The maximum atomic E-state index is 12.2. The minimum atomic E-state index is -0.0948. The number of rotatable bonds is 5. The van der Waals surface area contributed by atoms with Crippen molar-refractivity contribution in [2.24, 2.45) is 0 Å². The normalized spacial score (nSPS) is 15.9. The zero-order chi connectivity index (χ0) is 16.4. The van der Waals surface area contributed by atoms with E-state index in [2.05, 4.69) is 28.6 Å². The maximum absolute atomic E-state index is 12.2. The van der Waals surface area contributed by atoms with Gasteiger partial charge in [-0.3, -0.25) is 14.5 Å².